The first-order valence-corrected chi connectivity index (χ1v) is 4.21. The summed E-state index contributed by atoms with van der Waals surface area (Å²) in [6, 6.07) is 0. The van der Waals surface area contributed by atoms with Gasteiger partial charge in [-0.05, 0) is 0 Å². The predicted octanol–water partition coefficient (Wildman–Crippen LogP) is 1.39. The van der Waals surface area contributed by atoms with E-state index in [0.717, 1.165) is 6.54 Å². The molecule has 0 unspecified atom stereocenters. The molecule has 1 rings (SSSR count). The normalized spacial score (nSPS) is 18.4. The van der Waals surface area contributed by atoms with Gasteiger partial charge in [0.2, 0.25) is 0 Å². The van der Waals surface area contributed by atoms with Crippen molar-refractivity contribution in [3.8, 4) is 0 Å². The van der Waals surface area contributed by atoms with Crippen LogP contribution in [0.2, 0.25) is 0 Å². The van der Waals surface area contributed by atoms with E-state index in [1.165, 1.54) is 36.2 Å². The van der Waals surface area contributed by atoms with E-state index in [0.29, 0.717) is 0 Å². The second-order valence-electron chi connectivity index (χ2n) is 1.74. The third kappa shape index (κ3) is 4.68. The molecule has 0 atom stereocenters. The molecule has 0 amide bonds. The Hall–Kier alpha value is 1.31. The quantitative estimate of drug-likeness (QED) is 0.433. The van der Waals surface area contributed by atoms with Crippen LogP contribution in [0, 0.1) is 31.1 Å². The first-order valence-electron chi connectivity index (χ1n) is 2.75. The van der Waals surface area contributed by atoms with Gasteiger partial charge in [-0.2, -0.15) is 0 Å². The molecule has 0 aromatic heterocycles. The minimum atomic E-state index is 0. The van der Waals surface area contributed by atoms with Gasteiger partial charge in [0, 0.05) is 31.1 Å². The van der Waals surface area contributed by atoms with Crippen molar-refractivity contribution < 1.29 is 50.5 Å². The van der Waals surface area contributed by atoms with Gasteiger partial charge in [0.15, 0.2) is 0 Å². The van der Waals surface area contributed by atoms with Crippen LogP contribution in [0.15, 0.2) is 12.2 Å². The summed E-state index contributed by atoms with van der Waals surface area (Å²) < 4.78 is 1.37. The Morgan fingerprint density at radius 3 is 3.00 bits per heavy atom. The van der Waals surface area contributed by atoms with Crippen LogP contribution >= 0.6 is 0 Å². The number of hydrogen-bond acceptors (Lipinski definition) is 0. The predicted molar refractivity (Wildman–Crippen MR) is 31.6 cm³/mol. The molecule has 1 aliphatic rings. The van der Waals surface area contributed by atoms with E-state index in [-0.39, 0.29) is 31.1 Å². The van der Waals surface area contributed by atoms with Crippen LogP contribution in [0.5, 0.6) is 0 Å². The van der Waals surface area contributed by atoms with Gasteiger partial charge in [-0.1, -0.05) is 0 Å². The maximum atomic E-state index is 4.29. The second-order valence-corrected chi connectivity index (χ2v) is 3.44. The van der Waals surface area contributed by atoms with Gasteiger partial charge >= 0.3 is 60.2 Å². The van der Waals surface area contributed by atoms with Crippen LogP contribution < -0.4 is 0 Å². The fraction of sp³-hybridized carbons (Fsp3) is 0.500. The number of allylic oxidation sites excluding steroid dienone is 1. The van der Waals surface area contributed by atoms with Crippen LogP contribution in [0.25, 0.3) is 5.32 Å². The number of rotatable bonds is 0. The monoisotopic (exact) mass is 516 g/mol. The van der Waals surface area contributed by atoms with Gasteiger partial charge < -0.3 is 0 Å². The van der Waals surface area contributed by atoms with Crippen LogP contribution in [-0.2, 0) is 19.4 Å². The molecule has 0 bridgehead atoms. The summed E-state index contributed by atoms with van der Waals surface area (Å²) in [5.41, 5.74) is 0. The molecule has 0 aromatic rings. The maximum absolute atomic E-state index is 4.29. The van der Waals surface area contributed by atoms with Crippen LogP contribution in [0.1, 0.15) is 12.8 Å². The SMILES string of the molecule is [U].[W]=[C]1CCC=CC[N-]1. The number of nitrogens with zero attached hydrogens (tertiary/aromatic N) is 1. The molecular formula is C6H8NUW-. The van der Waals surface area contributed by atoms with Crippen molar-refractivity contribution in [1.82, 2.24) is 0 Å². The molecule has 0 fully saturated rings. The van der Waals surface area contributed by atoms with Crippen LogP contribution in [0.4, 0.5) is 0 Å². The molecule has 48 valence electrons. The summed E-state index contributed by atoms with van der Waals surface area (Å²) in [6.45, 7) is 0.916. The van der Waals surface area contributed by atoms with E-state index in [1.54, 1.807) is 0 Å². The number of hydrogen-bond donors (Lipinski definition) is 0. The molecule has 0 saturated heterocycles. The summed E-state index contributed by atoms with van der Waals surface area (Å²) >= 11 is 1.53. The molecule has 1 heterocycles. The third-order valence-corrected chi connectivity index (χ3v) is 2.26. The van der Waals surface area contributed by atoms with Crippen molar-refractivity contribution in [2.24, 2.45) is 0 Å². The second kappa shape index (κ2) is 6.05. The molecule has 0 N–H and O–H groups in total. The summed E-state index contributed by atoms with van der Waals surface area (Å²) in [5, 5.41) is 4.29. The fourth-order valence-corrected chi connectivity index (χ4v) is 1.32. The molecule has 0 saturated carbocycles. The van der Waals surface area contributed by atoms with Gasteiger partial charge in [0.1, 0.15) is 0 Å². The molecule has 1 nitrogen and oxygen atoms in total. The summed E-state index contributed by atoms with van der Waals surface area (Å²) in [4.78, 5) is 0. The van der Waals surface area contributed by atoms with Gasteiger partial charge in [0.25, 0.3) is 0 Å². The topological polar surface area (TPSA) is 14.1 Å². The van der Waals surface area contributed by atoms with Crippen molar-refractivity contribution in [3.05, 3.63) is 17.5 Å². The molecular weight excluding hydrogens is 508 g/mol. The average molecular weight is 516 g/mol. The van der Waals surface area contributed by atoms with E-state index in [9.17, 15) is 0 Å². The van der Waals surface area contributed by atoms with E-state index in [2.05, 4.69) is 17.5 Å². The molecule has 9 heavy (non-hydrogen) atoms. The Morgan fingerprint density at radius 1 is 1.44 bits per heavy atom. The molecule has 3 heteroatoms. The average Bonchev–Trinajstić information content (AvgIpc) is 1.94. The minimum absolute atomic E-state index is 0. The Bertz CT molecular complexity index is 110. The zero-order chi connectivity index (χ0) is 5.82. The van der Waals surface area contributed by atoms with E-state index in [1.807, 2.05) is 0 Å². The molecule has 1 aliphatic heterocycles. The first kappa shape index (κ1) is 10.3. The van der Waals surface area contributed by atoms with E-state index >= 15 is 0 Å². The Balaban J connectivity index is 0.000000640. The van der Waals surface area contributed by atoms with Gasteiger partial charge in [0.05, 0.1) is 0 Å². The van der Waals surface area contributed by atoms with Crippen molar-refractivity contribution in [2.45, 2.75) is 12.8 Å². The standard InChI is InChI=1S/C6H8N.U.W/c1-2-4-6-7-5-3-1;;/h1,3H,2,4-5H2;;/q-1;;. The van der Waals surface area contributed by atoms with Crippen molar-refractivity contribution in [3.63, 3.8) is 0 Å². The summed E-state index contributed by atoms with van der Waals surface area (Å²) in [6.07, 6.45) is 6.73. The molecule has 0 aromatic carbocycles. The van der Waals surface area contributed by atoms with Crippen LogP contribution in [0.3, 0.4) is 0 Å². The summed E-state index contributed by atoms with van der Waals surface area (Å²) in [5.74, 6) is 0. The summed E-state index contributed by atoms with van der Waals surface area (Å²) in [7, 11) is 0. The zero-order valence-electron chi connectivity index (χ0n) is 5.13. The Morgan fingerprint density at radius 2 is 2.22 bits per heavy atom. The van der Waals surface area contributed by atoms with Gasteiger partial charge in [-0.3, -0.25) is 0 Å². The van der Waals surface area contributed by atoms with Crippen molar-refractivity contribution in [2.75, 3.05) is 6.54 Å². The Kier molecular flexibility index (Phi) is 6.93. The zero-order valence-corrected chi connectivity index (χ0v) is 12.2. The van der Waals surface area contributed by atoms with E-state index in [4.69, 9.17) is 0 Å². The van der Waals surface area contributed by atoms with Crippen LogP contribution in [-0.4, -0.2) is 10.6 Å². The van der Waals surface area contributed by atoms with Gasteiger partial charge in [-0.15, -0.1) is 0 Å². The van der Waals surface area contributed by atoms with Crippen molar-refractivity contribution >= 4 is 4.02 Å². The molecule has 0 aliphatic carbocycles. The molecule has 0 spiro atoms. The first-order chi connectivity index (χ1) is 3.89. The fourth-order valence-electron chi connectivity index (χ4n) is 0.633. The molecule has 0 radical (unpaired) electrons. The van der Waals surface area contributed by atoms with Gasteiger partial charge in [-0.25, -0.2) is 0 Å². The van der Waals surface area contributed by atoms with E-state index < -0.39 is 0 Å². The third-order valence-electron chi connectivity index (χ3n) is 1.06. The Labute approximate surface area is 90.5 Å². The van der Waals surface area contributed by atoms with Crippen molar-refractivity contribution in [1.29, 1.82) is 0 Å².